The van der Waals surface area contributed by atoms with Gasteiger partial charge >= 0.3 is 0 Å². The summed E-state index contributed by atoms with van der Waals surface area (Å²) < 4.78 is 26.9. The van der Waals surface area contributed by atoms with Gasteiger partial charge in [-0.3, -0.25) is 9.59 Å². The van der Waals surface area contributed by atoms with E-state index in [0.717, 1.165) is 16.7 Å². The van der Waals surface area contributed by atoms with E-state index in [1.165, 1.54) is 0 Å². The third-order valence-corrected chi connectivity index (χ3v) is 7.63. The zero-order chi connectivity index (χ0) is 27.5. The molecule has 0 unspecified atom stereocenters. The first-order valence-corrected chi connectivity index (χ1v) is 14.4. The molecule has 0 aromatic heterocycles. The lowest BCUT2D eigenvalue weighted by Gasteiger charge is -2.32. The number of benzene rings is 3. The van der Waals surface area contributed by atoms with Gasteiger partial charge in [0.25, 0.3) is 0 Å². The maximum Gasteiger partial charge on any atom is 0.247 e. The Kier molecular flexibility index (Phi) is 10.6. The van der Waals surface area contributed by atoms with E-state index in [1.807, 2.05) is 74.5 Å². The summed E-state index contributed by atoms with van der Waals surface area (Å²) in [5.74, 6) is -0.105. The predicted molar refractivity (Wildman–Crippen MR) is 150 cm³/mol. The fourth-order valence-electron chi connectivity index (χ4n) is 4.12. The Morgan fingerprint density at radius 2 is 1.45 bits per heavy atom. The van der Waals surface area contributed by atoms with Crippen LogP contribution < -0.4 is 10.0 Å². The van der Waals surface area contributed by atoms with Crippen molar-refractivity contribution in [1.82, 2.24) is 14.9 Å². The van der Waals surface area contributed by atoms with Crippen LogP contribution in [0.2, 0.25) is 0 Å². The van der Waals surface area contributed by atoms with Crippen LogP contribution in [0.1, 0.15) is 49.9 Å². The first-order chi connectivity index (χ1) is 18.2. The highest BCUT2D eigenvalue weighted by Crippen LogP contribution is 2.25. The second kappa shape index (κ2) is 13.9. The van der Waals surface area contributed by atoms with Crippen LogP contribution in [-0.2, 0) is 32.6 Å². The summed E-state index contributed by atoms with van der Waals surface area (Å²) >= 11 is 0. The molecule has 0 radical (unpaired) electrons. The minimum atomic E-state index is -3.54. The highest BCUT2D eigenvalue weighted by Gasteiger charge is 2.31. The zero-order valence-corrected chi connectivity index (χ0v) is 23.1. The zero-order valence-electron chi connectivity index (χ0n) is 22.3. The number of aryl methyl sites for hydroxylation is 1. The molecular formula is C30H37N3O4S. The van der Waals surface area contributed by atoms with Crippen molar-refractivity contribution in [1.29, 1.82) is 0 Å². The Morgan fingerprint density at radius 3 is 2.03 bits per heavy atom. The highest BCUT2D eigenvalue weighted by atomic mass is 32.2. The van der Waals surface area contributed by atoms with Crippen LogP contribution in [0.5, 0.6) is 0 Å². The number of nitrogens with one attached hydrogen (secondary N) is 2. The van der Waals surface area contributed by atoms with Crippen molar-refractivity contribution in [3.63, 3.8) is 0 Å². The molecule has 0 aliphatic rings. The summed E-state index contributed by atoms with van der Waals surface area (Å²) in [7, 11) is -3.54. The molecule has 0 bridgehead atoms. The Labute approximate surface area is 226 Å². The van der Waals surface area contributed by atoms with Crippen LogP contribution in [0.3, 0.4) is 0 Å². The van der Waals surface area contributed by atoms with Gasteiger partial charge in [0.2, 0.25) is 21.8 Å². The lowest BCUT2D eigenvalue weighted by atomic mass is 10.0. The number of hydrogen-bond donors (Lipinski definition) is 2. The summed E-state index contributed by atoms with van der Waals surface area (Å²) in [4.78, 5) is 29.0. The molecule has 0 aliphatic heterocycles. The van der Waals surface area contributed by atoms with E-state index in [0.29, 0.717) is 19.5 Å². The molecule has 0 saturated heterocycles. The van der Waals surface area contributed by atoms with Crippen LogP contribution in [0.15, 0.2) is 89.8 Å². The van der Waals surface area contributed by atoms with E-state index < -0.39 is 16.1 Å². The van der Waals surface area contributed by atoms with Gasteiger partial charge in [0.1, 0.15) is 6.04 Å². The average Bonchev–Trinajstić information content (AvgIpc) is 2.91. The van der Waals surface area contributed by atoms with E-state index >= 15 is 0 Å². The molecule has 3 aromatic carbocycles. The molecule has 0 saturated carbocycles. The molecule has 0 fully saturated rings. The standard InChI is InChI=1S/C30H37N3O4S/c1-4-32-38(36,37)27-18-15-24(16-19-27)17-20-28(34)33(22-25-11-7-5-8-12-25)29(26-13-9-6-10-14-26)30(35)31-21-23(2)3/h5-16,18-19,23,29,32H,4,17,20-22H2,1-3H3,(H,31,35)/t29-/m1/s1. The Bertz CT molecular complexity index is 1280. The van der Waals surface area contributed by atoms with Gasteiger partial charge in [0.05, 0.1) is 4.90 Å². The summed E-state index contributed by atoms with van der Waals surface area (Å²) in [6.45, 7) is 6.89. The minimum Gasteiger partial charge on any atom is -0.354 e. The SMILES string of the molecule is CCNS(=O)(=O)c1ccc(CCC(=O)N(Cc2ccccc2)[C@@H](C(=O)NCC(C)C)c2ccccc2)cc1. The first kappa shape index (κ1) is 29.1. The summed E-state index contributed by atoms with van der Waals surface area (Å²) in [5, 5.41) is 3.01. The van der Waals surface area contributed by atoms with Gasteiger partial charge in [-0.1, -0.05) is 93.6 Å². The number of amides is 2. The van der Waals surface area contributed by atoms with E-state index in [1.54, 1.807) is 36.1 Å². The Balaban J connectivity index is 1.86. The van der Waals surface area contributed by atoms with Crippen molar-refractivity contribution in [2.75, 3.05) is 13.1 Å². The lowest BCUT2D eigenvalue weighted by Crippen LogP contribution is -2.44. The minimum absolute atomic E-state index is 0.160. The molecule has 2 N–H and O–H groups in total. The normalized spacial score (nSPS) is 12.2. The number of sulfonamides is 1. The molecular weight excluding hydrogens is 498 g/mol. The van der Waals surface area contributed by atoms with Crippen molar-refractivity contribution in [3.05, 3.63) is 102 Å². The largest absolute Gasteiger partial charge is 0.354 e. The molecule has 0 aliphatic carbocycles. The molecule has 3 aromatic rings. The first-order valence-electron chi connectivity index (χ1n) is 13.0. The Morgan fingerprint density at radius 1 is 0.842 bits per heavy atom. The van der Waals surface area contributed by atoms with E-state index in [9.17, 15) is 18.0 Å². The molecule has 8 heteroatoms. The number of rotatable bonds is 13. The van der Waals surface area contributed by atoms with Crippen LogP contribution >= 0.6 is 0 Å². The lowest BCUT2D eigenvalue weighted by molar-refractivity contribution is -0.141. The quantitative estimate of drug-likeness (QED) is 0.338. The van der Waals surface area contributed by atoms with Gasteiger partial charge in [0, 0.05) is 26.1 Å². The van der Waals surface area contributed by atoms with Crippen LogP contribution in [0.25, 0.3) is 0 Å². The molecule has 1 atom stereocenters. The maximum atomic E-state index is 13.7. The van der Waals surface area contributed by atoms with Gasteiger partial charge < -0.3 is 10.2 Å². The van der Waals surface area contributed by atoms with Gasteiger partial charge in [-0.15, -0.1) is 0 Å². The summed E-state index contributed by atoms with van der Waals surface area (Å²) in [6, 6.07) is 24.8. The topological polar surface area (TPSA) is 95.6 Å². The average molecular weight is 536 g/mol. The van der Waals surface area contributed by atoms with Crippen LogP contribution in [0, 0.1) is 5.92 Å². The fraction of sp³-hybridized carbons (Fsp3) is 0.333. The van der Waals surface area contributed by atoms with Crippen molar-refractivity contribution in [2.45, 2.75) is 51.1 Å². The smallest absolute Gasteiger partial charge is 0.247 e. The molecule has 202 valence electrons. The van der Waals surface area contributed by atoms with Gasteiger partial charge in [-0.2, -0.15) is 0 Å². The van der Waals surface area contributed by atoms with Crippen LogP contribution in [-0.4, -0.2) is 38.2 Å². The second-order valence-corrected chi connectivity index (χ2v) is 11.4. The fourth-order valence-corrected chi connectivity index (χ4v) is 5.16. The summed E-state index contributed by atoms with van der Waals surface area (Å²) in [6.07, 6.45) is 0.591. The molecule has 38 heavy (non-hydrogen) atoms. The second-order valence-electron chi connectivity index (χ2n) is 9.60. The number of nitrogens with zero attached hydrogens (tertiary/aromatic N) is 1. The Hall–Kier alpha value is -3.49. The molecule has 2 amide bonds. The van der Waals surface area contributed by atoms with Crippen molar-refractivity contribution in [3.8, 4) is 0 Å². The molecule has 3 rings (SSSR count). The third-order valence-electron chi connectivity index (χ3n) is 6.07. The van der Waals surface area contributed by atoms with E-state index in [2.05, 4.69) is 10.0 Å². The third kappa shape index (κ3) is 8.26. The maximum absolute atomic E-state index is 13.7. The predicted octanol–water partition coefficient (Wildman–Crippen LogP) is 4.46. The number of carbonyl (C=O) groups excluding carboxylic acids is 2. The molecule has 7 nitrogen and oxygen atoms in total. The van der Waals surface area contributed by atoms with Gasteiger partial charge in [-0.25, -0.2) is 13.1 Å². The van der Waals surface area contributed by atoms with Crippen molar-refractivity contribution >= 4 is 21.8 Å². The van der Waals surface area contributed by atoms with Crippen molar-refractivity contribution < 1.29 is 18.0 Å². The number of hydrogen-bond acceptors (Lipinski definition) is 4. The molecule has 0 spiro atoms. The van der Waals surface area contributed by atoms with E-state index in [4.69, 9.17) is 0 Å². The summed E-state index contributed by atoms with van der Waals surface area (Å²) in [5.41, 5.74) is 2.52. The van der Waals surface area contributed by atoms with Crippen LogP contribution in [0.4, 0.5) is 0 Å². The van der Waals surface area contributed by atoms with E-state index in [-0.39, 0.29) is 35.6 Å². The van der Waals surface area contributed by atoms with Gasteiger partial charge in [0.15, 0.2) is 0 Å². The van der Waals surface area contributed by atoms with Gasteiger partial charge in [-0.05, 0) is 41.2 Å². The number of carbonyl (C=O) groups is 2. The molecule has 0 heterocycles. The van der Waals surface area contributed by atoms with Crippen molar-refractivity contribution in [2.24, 2.45) is 5.92 Å². The monoisotopic (exact) mass is 535 g/mol. The highest BCUT2D eigenvalue weighted by molar-refractivity contribution is 7.89.